The van der Waals surface area contributed by atoms with Gasteiger partial charge in [0, 0.05) is 11.0 Å². The average Bonchev–Trinajstić information content (AvgIpc) is 2.57. The van der Waals surface area contributed by atoms with Crippen molar-refractivity contribution in [2.75, 3.05) is 11.9 Å². The molecule has 0 saturated carbocycles. The van der Waals surface area contributed by atoms with Crippen molar-refractivity contribution in [2.45, 2.75) is 13.3 Å². The van der Waals surface area contributed by atoms with E-state index in [0.29, 0.717) is 0 Å². The van der Waals surface area contributed by atoms with Gasteiger partial charge in [0.15, 0.2) is 11.4 Å². The lowest BCUT2D eigenvalue weighted by atomic mass is 10.2. The third-order valence-corrected chi connectivity index (χ3v) is 2.47. The van der Waals surface area contributed by atoms with Gasteiger partial charge < -0.3 is 9.84 Å². The molecule has 0 aliphatic heterocycles. The number of halogens is 1. The molecule has 2 rings (SSSR count). The summed E-state index contributed by atoms with van der Waals surface area (Å²) in [6.07, 6.45) is 1.07. The molecule has 3 nitrogen and oxygen atoms in total. The minimum Gasteiger partial charge on any atom is -0.367 e. The van der Waals surface area contributed by atoms with E-state index < -0.39 is 0 Å². The third kappa shape index (κ3) is 1.75. The summed E-state index contributed by atoms with van der Waals surface area (Å²) in [5.41, 5.74) is 0.804. The van der Waals surface area contributed by atoms with Crippen LogP contribution >= 0.6 is 15.9 Å². The molecule has 0 atom stereocenters. The van der Waals surface area contributed by atoms with Gasteiger partial charge >= 0.3 is 0 Å². The summed E-state index contributed by atoms with van der Waals surface area (Å²) in [5, 5.41) is 8.21. The summed E-state index contributed by atoms with van der Waals surface area (Å²) in [5.74, 6) is 0.828. The molecule has 14 heavy (non-hydrogen) atoms. The molecule has 2 aromatic rings. The van der Waals surface area contributed by atoms with E-state index >= 15 is 0 Å². The van der Waals surface area contributed by atoms with Gasteiger partial charge in [-0.2, -0.15) is 0 Å². The molecule has 0 saturated heterocycles. The average molecular weight is 255 g/mol. The summed E-state index contributed by atoms with van der Waals surface area (Å²) >= 11 is 3.39. The molecule has 0 bridgehead atoms. The largest absolute Gasteiger partial charge is 0.367 e. The van der Waals surface area contributed by atoms with Crippen LogP contribution in [0.3, 0.4) is 0 Å². The van der Waals surface area contributed by atoms with Gasteiger partial charge in [-0.1, -0.05) is 28.0 Å². The fraction of sp³-hybridized carbons (Fsp3) is 0.300. The molecule has 0 spiro atoms. The zero-order valence-electron chi connectivity index (χ0n) is 7.88. The van der Waals surface area contributed by atoms with Crippen LogP contribution in [0.4, 0.5) is 5.82 Å². The first-order chi connectivity index (χ1) is 6.81. The Morgan fingerprint density at radius 2 is 2.36 bits per heavy atom. The number of hydrogen-bond acceptors (Lipinski definition) is 3. The SMILES string of the molecule is CCCNc1noc2cc(Br)ccc12. The second-order valence-electron chi connectivity index (χ2n) is 3.10. The van der Waals surface area contributed by atoms with E-state index in [-0.39, 0.29) is 0 Å². The van der Waals surface area contributed by atoms with Crippen LogP contribution < -0.4 is 5.32 Å². The number of aromatic nitrogens is 1. The van der Waals surface area contributed by atoms with Crippen LogP contribution in [0.15, 0.2) is 27.2 Å². The predicted molar refractivity (Wildman–Crippen MR) is 60.5 cm³/mol. The molecule has 1 N–H and O–H groups in total. The van der Waals surface area contributed by atoms with E-state index in [4.69, 9.17) is 4.52 Å². The molecule has 0 fully saturated rings. The number of anilines is 1. The van der Waals surface area contributed by atoms with Gasteiger partial charge in [0.2, 0.25) is 0 Å². The van der Waals surface area contributed by atoms with Crippen LogP contribution in [0.5, 0.6) is 0 Å². The highest BCUT2D eigenvalue weighted by Gasteiger charge is 2.06. The van der Waals surface area contributed by atoms with Crippen molar-refractivity contribution in [1.29, 1.82) is 0 Å². The van der Waals surface area contributed by atoms with Gasteiger partial charge in [0.25, 0.3) is 0 Å². The summed E-state index contributed by atoms with van der Waals surface area (Å²) < 4.78 is 6.19. The fourth-order valence-electron chi connectivity index (χ4n) is 1.28. The highest BCUT2D eigenvalue weighted by atomic mass is 79.9. The van der Waals surface area contributed by atoms with Crippen molar-refractivity contribution >= 4 is 32.7 Å². The predicted octanol–water partition coefficient (Wildman–Crippen LogP) is 3.41. The summed E-state index contributed by atoms with van der Waals surface area (Å²) in [7, 11) is 0. The Balaban J connectivity index is 2.37. The maximum absolute atomic E-state index is 5.18. The van der Waals surface area contributed by atoms with Gasteiger partial charge in [-0.05, 0) is 24.6 Å². The maximum atomic E-state index is 5.18. The van der Waals surface area contributed by atoms with Crippen LogP contribution in [0.1, 0.15) is 13.3 Å². The van der Waals surface area contributed by atoms with E-state index in [9.17, 15) is 0 Å². The van der Waals surface area contributed by atoms with Gasteiger partial charge in [0.1, 0.15) is 0 Å². The second-order valence-corrected chi connectivity index (χ2v) is 4.01. The Kier molecular flexibility index (Phi) is 2.72. The number of hydrogen-bond donors (Lipinski definition) is 1. The lowest BCUT2D eigenvalue weighted by Crippen LogP contribution is -1.99. The molecule has 1 aromatic carbocycles. The lowest BCUT2D eigenvalue weighted by molar-refractivity contribution is 0.459. The molecule has 0 amide bonds. The standard InChI is InChI=1S/C10H11BrN2O/c1-2-5-12-10-8-4-3-7(11)6-9(8)14-13-10/h3-4,6H,2,5H2,1H3,(H,12,13). The second kappa shape index (κ2) is 4.00. The maximum Gasteiger partial charge on any atom is 0.177 e. The Morgan fingerprint density at radius 1 is 1.50 bits per heavy atom. The number of rotatable bonds is 3. The molecule has 74 valence electrons. The zero-order chi connectivity index (χ0) is 9.97. The van der Waals surface area contributed by atoms with E-state index in [1.807, 2.05) is 18.2 Å². The van der Waals surface area contributed by atoms with E-state index in [1.54, 1.807) is 0 Å². The fourth-order valence-corrected chi connectivity index (χ4v) is 1.62. The van der Waals surface area contributed by atoms with Crippen LogP contribution in [0.25, 0.3) is 11.0 Å². The Labute approximate surface area is 90.6 Å². The Bertz CT molecular complexity index is 439. The van der Waals surface area contributed by atoms with E-state index in [1.165, 1.54) is 0 Å². The van der Waals surface area contributed by atoms with Crippen molar-refractivity contribution in [3.8, 4) is 0 Å². The van der Waals surface area contributed by atoms with Gasteiger partial charge in [-0.25, -0.2) is 0 Å². The highest BCUT2D eigenvalue weighted by molar-refractivity contribution is 9.10. The molecule has 0 aliphatic rings. The number of nitrogens with one attached hydrogen (secondary N) is 1. The topological polar surface area (TPSA) is 38.1 Å². The van der Waals surface area contributed by atoms with Crippen LogP contribution in [0, 0.1) is 0 Å². The molecule has 1 aromatic heterocycles. The molecule has 0 radical (unpaired) electrons. The molecular weight excluding hydrogens is 244 g/mol. The lowest BCUT2D eigenvalue weighted by Gasteiger charge is -1.98. The molecule has 0 unspecified atom stereocenters. The first kappa shape index (κ1) is 9.52. The van der Waals surface area contributed by atoms with Crippen LogP contribution in [-0.4, -0.2) is 11.7 Å². The van der Waals surface area contributed by atoms with Crippen molar-refractivity contribution < 1.29 is 4.52 Å². The Hall–Kier alpha value is -1.03. The number of fused-ring (bicyclic) bond motifs is 1. The van der Waals surface area contributed by atoms with E-state index in [0.717, 1.165) is 34.2 Å². The highest BCUT2D eigenvalue weighted by Crippen LogP contribution is 2.25. The zero-order valence-corrected chi connectivity index (χ0v) is 9.47. The summed E-state index contributed by atoms with van der Waals surface area (Å²) in [4.78, 5) is 0. The van der Waals surface area contributed by atoms with E-state index in [2.05, 4.69) is 33.3 Å². The Morgan fingerprint density at radius 3 is 3.14 bits per heavy atom. The smallest absolute Gasteiger partial charge is 0.177 e. The molecule has 1 heterocycles. The van der Waals surface area contributed by atoms with Gasteiger partial charge in [0.05, 0.1) is 5.39 Å². The number of nitrogens with zero attached hydrogens (tertiary/aromatic N) is 1. The summed E-state index contributed by atoms with van der Waals surface area (Å²) in [6, 6.07) is 5.89. The van der Waals surface area contributed by atoms with Crippen molar-refractivity contribution in [3.63, 3.8) is 0 Å². The monoisotopic (exact) mass is 254 g/mol. The van der Waals surface area contributed by atoms with Crippen molar-refractivity contribution in [1.82, 2.24) is 5.16 Å². The van der Waals surface area contributed by atoms with Crippen molar-refractivity contribution in [2.24, 2.45) is 0 Å². The first-order valence-electron chi connectivity index (χ1n) is 4.60. The molecular formula is C10H11BrN2O. The van der Waals surface area contributed by atoms with Gasteiger partial charge in [-0.15, -0.1) is 0 Å². The minimum absolute atomic E-state index is 0.804. The number of benzene rings is 1. The quantitative estimate of drug-likeness (QED) is 0.913. The minimum atomic E-state index is 0.804. The normalized spacial score (nSPS) is 10.7. The van der Waals surface area contributed by atoms with Gasteiger partial charge in [-0.3, -0.25) is 0 Å². The summed E-state index contributed by atoms with van der Waals surface area (Å²) in [6.45, 7) is 3.03. The van der Waals surface area contributed by atoms with Crippen molar-refractivity contribution in [3.05, 3.63) is 22.7 Å². The molecule has 0 aliphatic carbocycles. The van der Waals surface area contributed by atoms with Crippen LogP contribution in [-0.2, 0) is 0 Å². The molecule has 4 heteroatoms. The third-order valence-electron chi connectivity index (χ3n) is 1.98. The van der Waals surface area contributed by atoms with Crippen LogP contribution in [0.2, 0.25) is 0 Å². The first-order valence-corrected chi connectivity index (χ1v) is 5.39.